The van der Waals surface area contributed by atoms with E-state index in [0.29, 0.717) is 102 Å². The Morgan fingerprint density at radius 3 is 0.776 bits per heavy atom. The molecule has 0 heterocycles. The number of allylic oxidation sites excluding steroid dienone is 1. The number of carbonyl (C=O) groups is 11. The van der Waals surface area contributed by atoms with E-state index in [1.165, 1.54) is 40.6 Å². The molecule has 60 heteroatoms. The van der Waals surface area contributed by atoms with Crippen molar-refractivity contribution in [2.75, 3.05) is 185 Å². The van der Waals surface area contributed by atoms with Crippen molar-refractivity contribution in [2.45, 2.75) is 159 Å². The molecule has 0 aliphatic rings. The molecule has 9 N–H and O–H groups in total. The van der Waals surface area contributed by atoms with Gasteiger partial charge in [-0.1, -0.05) is 104 Å². The number of ether oxygens (including phenoxy) is 16. The minimum absolute atomic E-state index is 0. The van der Waals surface area contributed by atoms with Crippen LogP contribution in [0, 0.1) is 0 Å². The van der Waals surface area contributed by atoms with Crippen LogP contribution in [-0.4, -0.2) is 295 Å². The first-order valence-electron chi connectivity index (χ1n) is 42.4. The Kier molecular flexibility index (Phi) is 101. The largest absolute Gasteiger partial charge is 0.504 e. The highest BCUT2D eigenvalue weighted by Gasteiger charge is 2.25. The number of hydrogen-bond acceptors (Lipinski definition) is 44. The predicted octanol–water partition coefficient (Wildman–Crippen LogP) is 11.4. The lowest BCUT2D eigenvalue weighted by molar-refractivity contribution is -0.150. The van der Waals surface area contributed by atoms with Gasteiger partial charge in [0.1, 0.15) is 79.3 Å². The van der Waals surface area contributed by atoms with Crippen LogP contribution in [0.5, 0.6) is 0 Å². The molecule has 4 unspecified atom stereocenters. The molecule has 0 aromatic heterocycles. The van der Waals surface area contributed by atoms with Gasteiger partial charge in [0.2, 0.25) is 0 Å². The summed E-state index contributed by atoms with van der Waals surface area (Å²) in [4.78, 5) is 199. The maximum atomic E-state index is 11.9. The Labute approximate surface area is 834 Å². The fraction of sp³-hybridized carbons (Fsp3) is 0.627. The summed E-state index contributed by atoms with van der Waals surface area (Å²) in [5.41, 5.74) is 2.21. The minimum atomic E-state index is -4.46. The summed E-state index contributed by atoms with van der Waals surface area (Å²) in [7, 11) is -27.4. The van der Waals surface area contributed by atoms with Gasteiger partial charge in [0.05, 0.1) is 97.9 Å². The molecule has 0 spiro atoms. The number of rotatable bonds is 79. The van der Waals surface area contributed by atoms with E-state index in [9.17, 15) is 99.4 Å². The molecular weight excluding hydrogens is 2060 g/mol. The molecule has 53 nitrogen and oxygen atoms in total. The summed E-state index contributed by atoms with van der Waals surface area (Å²) in [6.07, 6.45) is 11.1. The molecule has 0 fully saturated rings. The van der Waals surface area contributed by atoms with E-state index in [4.69, 9.17) is 95.0 Å². The van der Waals surface area contributed by atoms with Gasteiger partial charge in [0, 0.05) is 65.7 Å². The number of carbonyl (C=O) groups excluding carboxylic acids is 11. The zero-order valence-electron chi connectivity index (χ0n) is 81.3. The molecule has 0 bridgehead atoms. The topological polar surface area (TPSA) is 729 Å². The molecule has 4 atom stereocenters. The van der Waals surface area contributed by atoms with Crippen LogP contribution in [0.25, 0.3) is 0 Å². The number of esters is 11. The van der Waals surface area contributed by atoms with Crippen molar-refractivity contribution in [3.8, 4) is 0 Å². The van der Waals surface area contributed by atoms with Gasteiger partial charge in [-0.05, 0) is 104 Å². The van der Waals surface area contributed by atoms with Gasteiger partial charge in [-0.25, -0.2) is 61.0 Å². The second-order valence-corrected chi connectivity index (χ2v) is 36.6. The van der Waals surface area contributed by atoms with Crippen molar-refractivity contribution >= 4 is 121 Å². The van der Waals surface area contributed by atoms with Gasteiger partial charge in [-0.15, -0.1) is 4.52 Å². The van der Waals surface area contributed by atoms with Gasteiger partial charge in [0.15, 0.2) is 20.3 Å². The van der Waals surface area contributed by atoms with E-state index in [-0.39, 0.29) is 220 Å². The number of phosphoric ester groups is 6. The lowest BCUT2D eigenvalue weighted by Gasteiger charge is -2.12. The zero-order chi connectivity index (χ0) is 110. The summed E-state index contributed by atoms with van der Waals surface area (Å²) in [5.74, 6) is -5.06. The molecule has 830 valence electrons. The SMILES string of the molecule is C.C=C(C)C(=O)OCCOC(=O)CCCCCOP(=O)(O)O.C=C(C)C(=O)OCCOC(=O)CCCCCO[P+](C)=O.C=C(C)C(=O)OCCOP(=O)(O)O.C=C(C)COCCOC(=O)CCCCCOP(=O)(O)OCCCCCC(=O)OCCOC(=O)C(=C)C.C=C(C)OCOCCOP(=O)(O)OCCOC(=O)C(=C)C.C=CC(=O)OCCOP(=O)(O)O.C=COCOCCOP(=O)(O)OCCOC(=O)C=C. The van der Waals surface area contributed by atoms with Crippen LogP contribution in [0.1, 0.15) is 159 Å². The highest BCUT2D eigenvalue weighted by atomic mass is 31.2. The molecule has 0 amide bonds. The van der Waals surface area contributed by atoms with Crippen LogP contribution in [0.15, 0.2) is 123 Å². The van der Waals surface area contributed by atoms with Crippen LogP contribution in [0.2, 0.25) is 0 Å². The van der Waals surface area contributed by atoms with Crippen molar-refractivity contribution in [1.29, 1.82) is 0 Å². The summed E-state index contributed by atoms with van der Waals surface area (Å²) in [5, 5.41) is 0. The molecule has 0 saturated carbocycles. The third-order valence-electron chi connectivity index (χ3n) is 13.7. The summed E-state index contributed by atoms with van der Waals surface area (Å²) < 4.78 is 198. The zero-order valence-corrected chi connectivity index (χ0v) is 87.6. The Morgan fingerprint density at radius 1 is 0.280 bits per heavy atom. The van der Waals surface area contributed by atoms with Crippen molar-refractivity contribution < 1.29 is 250 Å². The molecule has 0 aromatic rings. The van der Waals surface area contributed by atoms with E-state index >= 15 is 0 Å². The second kappa shape index (κ2) is 95.9. The molecule has 0 aliphatic heterocycles. The van der Waals surface area contributed by atoms with Gasteiger partial charge in [-0.2, -0.15) is 0 Å². The summed E-state index contributed by atoms with van der Waals surface area (Å²) in [6, 6.07) is 0. The second-order valence-electron chi connectivity index (χ2n) is 27.3. The molecule has 0 aliphatic carbocycles. The van der Waals surface area contributed by atoms with Crippen molar-refractivity contribution in [3.05, 3.63) is 123 Å². The average Bonchev–Trinajstić information content (AvgIpc) is 0.942. The Bertz CT molecular complexity index is 4060. The minimum Gasteiger partial charge on any atom is -0.476 e. The molecule has 0 rings (SSSR count). The smallest absolute Gasteiger partial charge is 0.476 e. The van der Waals surface area contributed by atoms with E-state index in [1.54, 1.807) is 13.8 Å². The number of unbranched alkanes of at least 4 members (excludes halogenated alkanes) is 8. The molecule has 0 saturated heterocycles. The van der Waals surface area contributed by atoms with Crippen LogP contribution in [0.3, 0.4) is 0 Å². The quantitative estimate of drug-likeness (QED) is 0.00399. The van der Waals surface area contributed by atoms with Gasteiger partial charge in [-0.3, -0.25) is 59.9 Å². The predicted molar refractivity (Wildman–Crippen MR) is 509 cm³/mol. The van der Waals surface area contributed by atoms with E-state index in [2.05, 4.69) is 121 Å². The Balaban J connectivity index is -0.000000254. The highest BCUT2D eigenvalue weighted by molar-refractivity contribution is 7.48. The van der Waals surface area contributed by atoms with Crippen molar-refractivity contribution in [1.82, 2.24) is 0 Å². The first-order valence-corrected chi connectivity index (χ1v) is 53.1. The highest BCUT2D eigenvalue weighted by Crippen LogP contribution is 2.45. The standard InChI is InChI=1S/C24H41O11P.C13H22O6P.2C12H21O8P.C10H17O8P.C6H11O6P.C5H9O6P.CH4/c1-20(2)19-30-15-16-31-22(25)11-7-5-9-13-34-36(28,29)35-14-10-6-8-12-23(26)32-17-18-33-24(27)21(3)4;1-11(2)13(15)18-10-9-17-12(14)7-5-4-6-8-19-20(3)16;1-10(2)12(13)17-6-8-20-21(14,15)19-7-5-16-9-18-11(3)4;1-10(2)12(14)19-9-8-18-11(13)6-4-3-5-7-20-21(15,16)17;1-3-10(11)16-6-8-18-19(12,13)17-7-5-15-9-14-4-2;1-5(2)6(7)11-3-4-12-13(8,9)10;1-2-5(6)10-3-4-11-12(7,8)9;/h1,3,5-19H2,2,4H3,(H,28,29);1,4-10H2,2-3H3;1,3,5-9H2,2,4H3,(H,14,15);1,3-9H2,2H3,(H2,15,16,17);3-4H,1-2,5-9H2,(H,12,13);1,3-4H2,2H3,(H2,8,9,10);2H,1,3-4H2,(H2,7,8,9);1H4/q;+1;;;;;;. The van der Waals surface area contributed by atoms with Gasteiger partial charge in [0.25, 0.3) is 0 Å². The first-order chi connectivity index (χ1) is 66.2. The van der Waals surface area contributed by atoms with Crippen LogP contribution in [-0.2, 0) is 206 Å². The Hall–Kier alpha value is -8.23. The fourth-order valence-corrected chi connectivity index (χ4v) is 10.9. The third kappa shape index (κ3) is 128. The van der Waals surface area contributed by atoms with Crippen molar-refractivity contribution in [3.63, 3.8) is 0 Å². The molecule has 143 heavy (non-hydrogen) atoms. The molecule has 0 radical (unpaired) electrons. The van der Waals surface area contributed by atoms with Crippen LogP contribution < -0.4 is 0 Å². The third-order valence-corrected chi connectivity index (χ3v) is 18.9. The summed E-state index contributed by atoms with van der Waals surface area (Å²) >= 11 is 0. The number of hydrogen-bond donors (Lipinski definition) is 9. The van der Waals surface area contributed by atoms with Crippen molar-refractivity contribution in [2.24, 2.45) is 0 Å². The van der Waals surface area contributed by atoms with Gasteiger partial charge < -0.3 is 120 Å². The lowest BCUT2D eigenvalue weighted by Crippen LogP contribution is -2.14. The maximum absolute atomic E-state index is 11.9. The normalized spacial score (nSPS) is 11.9. The summed E-state index contributed by atoms with van der Waals surface area (Å²) in [6.45, 7) is 45.5. The molecular formula is C83H146O53P7+. The van der Waals surface area contributed by atoms with E-state index in [1.807, 2.05) is 6.92 Å². The van der Waals surface area contributed by atoms with E-state index < -0.39 is 109 Å². The van der Waals surface area contributed by atoms with Crippen LogP contribution >= 0.6 is 55.0 Å². The van der Waals surface area contributed by atoms with Crippen LogP contribution in [0.4, 0.5) is 0 Å². The Morgan fingerprint density at radius 2 is 0.510 bits per heavy atom. The monoisotopic (exact) mass is 2210 g/mol. The maximum Gasteiger partial charge on any atom is 0.504 e. The lowest BCUT2D eigenvalue weighted by atomic mass is 10.2. The number of phosphoric acid groups is 6. The first kappa shape index (κ1) is 150. The van der Waals surface area contributed by atoms with Gasteiger partial charge >= 0.3 is 121 Å². The van der Waals surface area contributed by atoms with E-state index in [0.717, 1.165) is 30.6 Å². The molecule has 0 aromatic carbocycles. The average molecular weight is 2210 g/mol. The fourth-order valence-electron chi connectivity index (χ4n) is 7.34.